The summed E-state index contributed by atoms with van der Waals surface area (Å²) < 4.78 is 0. The Labute approximate surface area is 111 Å². The first-order valence-electron chi connectivity index (χ1n) is 6.41. The van der Waals surface area contributed by atoms with Crippen molar-refractivity contribution in [2.24, 2.45) is 0 Å². The van der Waals surface area contributed by atoms with E-state index in [0.717, 1.165) is 25.7 Å². The van der Waals surface area contributed by atoms with Crippen LogP contribution in [0.5, 0.6) is 0 Å². The van der Waals surface area contributed by atoms with Crippen molar-refractivity contribution in [3.63, 3.8) is 0 Å². The van der Waals surface area contributed by atoms with Gasteiger partial charge in [-0.2, -0.15) is 0 Å². The number of nitrogens with two attached hydrogens (primary N) is 1. The van der Waals surface area contributed by atoms with E-state index in [9.17, 15) is 9.90 Å². The summed E-state index contributed by atoms with van der Waals surface area (Å²) in [6.07, 6.45) is 4.69. The van der Waals surface area contributed by atoms with E-state index < -0.39 is 12.1 Å². The normalized spacial score (nSPS) is 23.1. The SMILES string of the molecule is CN(c1nccc(C(=O)O)c1N)C1CCCCC1O. The van der Waals surface area contributed by atoms with Gasteiger partial charge in [0, 0.05) is 13.2 Å². The molecule has 1 aliphatic carbocycles. The minimum absolute atomic E-state index is 0.0437. The van der Waals surface area contributed by atoms with Crippen LogP contribution < -0.4 is 10.6 Å². The predicted octanol–water partition coefficient (Wildman–Crippen LogP) is 1.10. The van der Waals surface area contributed by atoms with Crippen LogP contribution in [0.3, 0.4) is 0 Å². The average molecular weight is 265 g/mol. The van der Waals surface area contributed by atoms with Crippen LogP contribution >= 0.6 is 0 Å². The second-order valence-electron chi connectivity index (χ2n) is 4.93. The zero-order valence-corrected chi connectivity index (χ0v) is 10.9. The number of hydrogen-bond acceptors (Lipinski definition) is 5. The lowest BCUT2D eigenvalue weighted by molar-refractivity contribution is 0.0698. The van der Waals surface area contributed by atoms with Crippen LogP contribution in [-0.4, -0.2) is 40.4 Å². The van der Waals surface area contributed by atoms with Crippen molar-refractivity contribution in [3.8, 4) is 0 Å². The first-order valence-corrected chi connectivity index (χ1v) is 6.41. The van der Waals surface area contributed by atoms with E-state index in [-0.39, 0.29) is 17.3 Å². The highest BCUT2D eigenvalue weighted by molar-refractivity contribution is 5.96. The first-order chi connectivity index (χ1) is 9.02. The molecule has 2 atom stereocenters. The Morgan fingerprint density at radius 2 is 2.16 bits per heavy atom. The monoisotopic (exact) mass is 265 g/mol. The van der Waals surface area contributed by atoms with Crippen molar-refractivity contribution >= 4 is 17.5 Å². The van der Waals surface area contributed by atoms with Crippen LogP contribution in [0.25, 0.3) is 0 Å². The molecule has 0 bridgehead atoms. The Morgan fingerprint density at radius 1 is 1.47 bits per heavy atom. The number of aromatic carboxylic acids is 1. The zero-order chi connectivity index (χ0) is 14.0. The zero-order valence-electron chi connectivity index (χ0n) is 10.9. The molecule has 1 aromatic heterocycles. The molecule has 2 rings (SSSR count). The Hall–Kier alpha value is -1.82. The van der Waals surface area contributed by atoms with Gasteiger partial charge in [0.05, 0.1) is 23.4 Å². The smallest absolute Gasteiger partial charge is 0.337 e. The highest BCUT2D eigenvalue weighted by atomic mass is 16.4. The van der Waals surface area contributed by atoms with Gasteiger partial charge in [0.25, 0.3) is 0 Å². The third-order valence-electron chi connectivity index (χ3n) is 3.72. The number of nitrogens with zero attached hydrogens (tertiary/aromatic N) is 2. The van der Waals surface area contributed by atoms with Crippen LogP contribution in [0, 0.1) is 0 Å². The van der Waals surface area contributed by atoms with Crippen molar-refractivity contribution in [3.05, 3.63) is 17.8 Å². The highest BCUT2D eigenvalue weighted by Crippen LogP contribution is 2.30. The molecule has 0 aromatic carbocycles. The first kappa shape index (κ1) is 13.6. The quantitative estimate of drug-likeness (QED) is 0.756. The van der Waals surface area contributed by atoms with Gasteiger partial charge in [-0.1, -0.05) is 12.8 Å². The standard InChI is InChI=1S/C13H19N3O3/c1-16(9-4-2-3-5-10(9)17)12-11(14)8(13(18)19)6-7-15-12/h6-7,9-10,17H,2-5,14H2,1H3,(H,18,19). The summed E-state index contributed by atoms with van der Waals surface area (Å²) in [5.74, 6) is -0.649. The number of carbonyl (C=O) groups is 1. The van der Waals surface area contributed by atoms with Gasteiger partial charge in [-0.05, 0) is 18.9 Å². The van der Waals surface area contributed by atoms with Crippen molar-refractivity contribution in [1.29, 1.82) is 0 Å². The molecule has 6 heteroatoms. The minimum Gasteiger partial charge on any atom is -0.478 e. The van der Waals surface area contributed by atoms with Gasteiger partial charge in [-0.3, -0.25) is 0 Å². The van der Waals surface area contributed by atoms with Crippen LogP contribution in [0.1, 0.15) is 36.0 Å². The summed E-state index contributed by atoms with van der Waals surface area (Å²) in [5.41, 5.74) is 6.06. The predicted molar refractivity (Wildman–Crippen MR) is 72.3 cm³/mol. The molecule has 0 aliphatic heterocycles. The number of likely N-dealkylation sites (N-methyl/N-ethyl adjacent to an activating group) is 1. The second kappa shape index (κ2) is 5.44. The molecule has 2 unspecified atom stereocenters. The molecule has 1 heterocycles. The maximum Gasteiger partial charge on any atom is 0.337 e. The molecule has 0 saturated heterocycles. The summed E-state index contributed by atoms with van der Waals surface area (Å²) in [4.78, 5) is 17.0. The van der Waals surface area contributed by atoms with E-state index in [4.69, 9.17) is 10.8 Å². The molecule has 0 spiro atoms. The third kappa shape index (κ3) is 2.63. The van der Waals surface area contributed by atoms with Gasteiger partial charge in [0.1, 0.15) is 0 Å². The fourth-order valence-electron chi connectivity index (χ4n) is 2.63. The lowest BCUT2D eigenvalue weighted by Crippen LogP contribution is -2.44. The number of aromatic nitrogens is 1. The number of nitrogen functional groups attached to an aromatic ring is 1. The molecule has 104 valence electrons. The lowest BCUT2D eigenvalue weighted by atomic mass is 9.91. The number of rotatable bonds is 3. The molecular formula is C13H19N3O3. The van der Waals surface area contributed by atoms with Gasteiger partial charge >= 0.3 is 5.97 Å². The molecule has 19 heavy (non-hydrogen) atoms. The van der Waals surface area contributed by atoms with Gasteiger partial charge in [0.15, 0.2) is 5.82 Å². The summed E-state index contributed by atoms with van der Waals surface area (Å²) in [7, 11) is 1.80. The van der Waals surface area contributed by atoms with Crippen molar-refractivity contribution < 1.29 is 15.0 Å². The Balaban J connectivity index is 2.30. The van der Waals surface area contributed by atoms with Crippen molar-refractivity contribution in [2.45, 2.75) is 37.8 Å². The molecule has 1 saturated carbocycles. The maximum absolute atomic E-state index is 11.1. The topological polar surface area (TPSA) is 99.7 Å². The Bertz CT molecular complexity index is 478. The van der Waals surface area contributed by atoms with E-state index in [1.807, 2.05) is 0 Å². The highest BCUT2D eigenvalue weighted by Gasteiger charge is 2.29. The molecule has 1 aliphatic rings. The van der Waals surface area contributed by atoms with Gasteiger partial charge in [-0.25, -0.2) is 9.78 Å². The van der Waals surface area contributed by atoms with Gasteiger partial charge < -0.3 is 20.8 Å². The molecule has 1 fully saturated rings. The molecule has 0 amide bonds. The summed E-state index contributed by atoms with van der Waals surface area (Å²) >= 11 is 0. The lowest BCUT2D eigenvalue weighted by Gasteiger charge is -2.36. The van der Waals surface area contributed by atoms with E-state index in [2.05, 4.69) is 4.98 Å². The van der Waals surface area contributed by atoms with Crippen LogP contribution in [0.15, 0.2) is 12.3 Å². The number of pyridine rings is 1. The van der Waals surface area contributed by atoms with Gasteiger partial charge in [0.2, 0.25) is 0 Å². The summed E-state index contributed by atoms with van der Waals surface area (Å²) in [5, 5.41) is 19.1. The fourth-order valence-corrected chi connectivity index (χ4v) is 2.63. The van der Waals surface area contributed by atoms with E-state index in [1.165, 1.54) is 12.3 Å². The van der Waals surface area contributed by atoms with Crippen molar-refractivity contribution in [1.82, 2.24) is 4.98 Å². The second-order valence-corrected chi connectivity index (χ2v) is 4.93. The van der Waals surface area contributed by atoms with E-state index in [1.54, 1.807) is 11.9 Å². The molecule has 6 nitrogen and oxygen atoms in total. The fraction of sp³-hybridized carbons (Fsp3) is 0.538. The average Bonchev–Trinajstić information content (AvgIpc) is 2.38. The van der Waals surface area contributed by atoms with E-state index in [0.29, 0.717) is 5.82 Å². The summed E-state index contributed by atoms with van der Waals surface area (Å²) in [6, 6.07) is 1.32. The van der Waals surface area contributed by atoms with Crippen LogP contribution in [-0.2, 0) is 0 Å². The number of carboxylic acid groups (broad SMARTS) is 1. The molecular weight excluding hydrogens is 246 g/mol. The third-order valence-corrected chi connectivity index (χ3v) is 3.72. The van der Waals surface area contributed by atoms with Crippen molar-refractivity contribution in [2.75, 3.05) is 17.7 Å². The maximum atomic E-state index is 11.1. The molecule has 0 radical (unpaired) electrons. The molecule has 4 N–H and O–H groups in total. The number of anilines is 2. The number of hydrogen-bond donors (Lipinski definition) is 3. The largest absolute Gasteiger partial charge is 0.478 e. The Kier molecular flexibility index (Phi) is 3.90. The number of carboxylic acids is 1. The minimum atomic E-state index is -1.07. The molecule has 1 aromatic rings. The Morgan fingerprint density at radius 3 is 2.79 bits per heavy atom. The van der Waals surface area contributed by atoms with E-state index >= 15 is 0 Å². The van der Waals surface area contributed by atoms with Crippen LogP contribution in [0.4, 0.5) is 11.5 Å². The van der Waals surface area contributed by atoms with Crippen LogP contribution in [0.2, 0.25) is 0 Å². The summed E-state index contributed by atoms with van der Waals surface area (Å²) in [6.45, 7) is 0. The number of aliphatic hydroxyl groups excluding tert-OH is 1. The van der Waals surface area contributed by atoms with Gasteiger partial charge in [-0.15, -0.1) is 0 Å². The number of aliphatic hydroxyl groups is 1.